The molecule has 0 bridgehead atoms. The van der Waals surface area contributed by atoms with Crippen molar-refractivity contribution in [3.05, 3.63) is 93.6 Å². The summed E-state index contributed by atoms with van der Waals surface area (Å²) in [4.78, 5) is 43.5. The van der Waals surface area contributed by atoms with Crippen LogP contribution in [0.15, 0.2) is 77.5 Å². The summed E-state index contributed by atoms with van der Waals surface area (Å²) in [5, 5.41) is 6.84. The summed E-state index contributed by atoms with van der Waals surface area (Å²) < 4.78 is 5.40. The minimum Gasteiger partial charge on any atom is -0.456 e. The highest BCUT2D eigenvalue weighted by atomic mass is 32.1. The number of esters is 1. The SMILES string of the molecule is CC(=O)N(c1ccccc1)c1nc(COC(=O)c2cccc(NC(=O)c3cccs3)c2)cs1. The molecule has 2 aromatic heterocycles. The minimum atomic E-state index is -0.539. The van der Waals surface area contributed by atoms with Crippen molar-refractivity contribution in [3.8, 4) is 0 Å². The summed E-state index contributed by atoms with van der Waals surface area (Å²) in [5.41, 5.74) is 2.06. The summed E-state index contributed by atoms with van der Waals surface area (Å²) in [6, 6.07) is 19.3. The number of benzene rings is 2. The Morgan fingerprint density at radius 2 is 1.82 bits per heavy atom. The van der Waals surface area contributed by atoms with Crippen molar-refractivity contribution in [3.63, 3.8) is 0 Å². The molecule has 2 amide bonds. The number of thiophene rings is 1. The van der Waals surface area contributed by atoms with Gasteiger partial charge in [0.2, 0.25) is 5.91 Å². The highest BCUT2D eigenvalue weighted by Crippen LogP contribution is 2.29. The standard InChI is InChI=1S/C24H19N3O4S2/c1-16(28)27(20-9-3-2-4-10-20)24-26-19(15-33-24)14-31-23(30)17-7-5-8-18(13-17)25-22(29)21-11-6-12-32-21/h2-13,15H,14H2,1H3,(H,25,29). The predicted octanol–water partition coefficient (Wildman–Crippen LogP) is 5.50. The number of carbonyl (C=O) groups excluding carboxylic acids is 3. The van der Waals surface area contributed by atoms with E-state index in [1.807, 2.05) is 35.7 Å². The predicted molar refractivity (Wildman–Crippen MR) is 129 cm³/mol. The summed E-state index contributed by atoms with van der Waals surface area (Å²) >= 11 is 2.63. The van der Waals surface area contributed by atoms with Gasteiger partial charge in [-0.25, -0.2) is 9.78 Å². The van der Waals surface area contributed by atoms with Gasteiger partial charge in [-0.3, -0.25) is 14.5 Å². The zero-order chi connectivity index (χ0) is 23.2. The van der Waals surface area contributed by atoms with Gasteiger partial charge in [0.1, 0.15) is 6.61 Å². The average Bonchev–Trinajstić information content (AvgIpc) is 3.51. The molecule has 2 heterocycles. The highest BCUT2D eigenvalue weighted by Gasteiger charge is 2.18. The molecule has 0 fully saturated rings. The van der Waals surface area contributed by atoms with E-state index in [2.05, 4.69) is 10.3 Å². The first-order valence-electron chi connectivity index (χ1n) is 9.93. The summed E-state index contributed by atoms with van der Waals surface area (Å²) in [6.45, 7) is 1.43. The second-order valence-corrected chi connectivity index (χ2v) is 8.68. The fourth-order valence-corrected chi connectivity index (χ4v) is 4.51. The Bertz CT molecular complexity index is 1270. The smallest absolute Gasteiger partial charge is 0.338 e. The highest BCUT2D eigenvalue weighted by molar-refractivity contribution is 7.14. The maximum Gasteiger partial charge on any atom is 0.338 e. The van der Waals surface area contributed by atoms with Crippen molar-refractivity contribution >= 4 is 57.0 Å². The Kier molecular flexibility index (Phi) is 6.92. The normalized spacial score (nSPS) is 10.5. The molecule has 4 rings (SSSR count). The number of hydrogen-bond acceptors (Lipinski definition) is 7. The molecule has 0 unspecified atom stereocenters. The van der Waals surface area contributed by atoms with Crippen molar-refractivity contribution in [2.24, 2.45) is 0 Å². The van der Waals surface area contributed by atoms with Crippen LogP contribution in [-0.4, -0.2) is 22.8 Å². The number of nitrogens with zero attached hydrogens (tertiary/aromatic N) is 2. The molecule has 2 aromatic carbocycles. The summed E-state index contributed by atoms with van der Waals surface area (Å²) in [6.07, 6.45) is 0. The Hall–Kier alpha value is -3.82. The molecule has 0 aliphatic rings. The third-order valence-electron chi connectivity index (χ3n) is 4.51. The van der Waals surface area contributed by atoms with Crippen molar-refractivity contribution in [1.29, 1.82) is 0 Å². The Morgan fingerprint density at radius 1 is 1.00 bits per heavy atom. The van der Waals surface area contributed by atoms with Crippen LogP contribution in [0.5, 0.6) is 0 Å². The molecule has 9 heteroatoms. The Balaban J connectivity index is 1.40. The van der Waals surface area contributed by atoms with Gasteiger partial charge in [-0.2, -0.15) is 0 Å². The molecule has 33 heavy (non-hydrogen) atoms. The second-order valence-electron chi connectivity index (χ2n) is 6.90. The van der Waals surface area contributed by atoms with Crippen LogP contribution >= 0.6 is 22.7 Å². The number of thiazole rings is 1. The minimum absolute atomic E-state index is 0.0400. The van der Waals surface area contributed by atoms with E-state index in [0.29, 0.717) is 32.6 Å². The number of carbonyl (C=O) groups is 3. The number of amides is 2. The molecule has 0 saturated heterocycles. The number of rotatable bonds is 7. The van der Waals surface area contributed by atoms with E-state index in [1.165, 1.54) is 34.5 Å². The lowest BCUT2D eigenvalue weighted by atomic mass is 10.2. The lowest BCUT2D eigenvalue weighted by molar-refractivity contribution is -0.115. The molecule has 0 atom stereocenters. The maximum atomic E-state index is 12.5. The van der Waals surface area contributed by atoms with E-state index >= 15 is 0 Å². The van der Waals surface area contributed by atoms with Gasteiger partial charge in [-0.05, 0) is 41.8 Å². The lowest BCUT2D eigenvalue weighted by Gasteiger charge is -2.17. The third kappa shape index (κ3) is 5.51. The molecule has 166 valence electrons. The molecule has 0 saturated carbocycles. The van der Waals surface area contributed by atoms with Gasteiger partial charge in [-0.1, -0.05) is 30.3 Å². The van der Waals surface area contributed by atoms with E-state index in [-0.39, 0.29) is 18.4 Å². The van der Waals surface area contributed by atoms with E-state index < -0.39 is 5.97 Å². The number of nitrogens with one attached hydrogen (secondary N) is 1. The monoisotopic (exact) mass is 477 g/mol. The van der Waals surface area contributed by atoms with Crippen LogP contribution in [0.4, 0.5) is 16.5 Å². The first kappa shape index (κ1) is 22.4. The summed E-state index contributed by atoms with van der Waals surface area (Å²) in [7, 11) is 0. The molecule has 7 nitrogen and oxygen atoms in total. The van der Waals surface area contributed by atoms with Gasteiger partial charge in [0.05, 0.1) is 21.8 Å². The molecule has 0 radical (unpaired) electrons. The van der Waals surface area contributed by atoms with Crippen LogP contribution < -0.4 is 10.2 Å². The number of para-hydroxylation sites is 1. The topological polar surface area (TPSA) is 88.6 Å². The lowest BCUT2D eigenvalue weighted by Crippen LogP contribution is -2.22. The van der Waals surface area contributed by atoms with Crippen molar-refractivity contribution in [2.45, 2.75) is 13.5 Å². The molecular formula is C24H19N3O4S2. The molecule has 1 N–H and O–H groups in total. The fourth-order valence-electron chi connectivity index (χ4n) is 3.02. The molecular weight excluding hydrogens is 458 g/mol. The first-order valence-corrected chi connectivity index (χ1v) is 11.7. The molecule has 0 spiro atoms. The molecule has 4 aromatic rings. The third-order valence-corrected chi connectivity index (χ3v) is 6.26. The number of aromatic nitrogens is 1. The maximum absolute atomic E-state index is 12.5. The van der Waals surface area contributed by atoms with Gasteiger partial charge >= 0.3 is 5.97 Å². The number of ether oxygens (including phenoxy) is 1. The van der Waals surface area contributed by atoms with Crippen molar-refractivity contribution in [1.82, 2.24) is 4.98 Å². The zero-order valence-electron chi connectivity index (χ0n) is 17.6. The number of anilines is 3. The number of hydrogen-bond donors (Lipinski definition) is 1. The quantitative estimate of drug-likeness (QED) is 0.355. The first-order chi connectivity index (χ1) is 16.0. The van der Waals surface area contributed by atoms with Crippen molar-refractivity contribution < 1.29 is 19.1 Å². The van der Waals surface area contributed by atoms with Crippen LogP contribution in [0, 0.1) is 0 Å². The van der Waals surface area contributed by atoms with E-state index in [0.717, 1.165) is 0 Å². The van der Waals surface area contributed by atoms with Gasteiger partial charge in [0.15, 0.2) is 5.13 Å². The molecule has 0 aliphatic heterocycles. The second kappa shape index (κ2) is 10.2. The zero-order valence-corrected chi connectivity index (χ0v) is 19.2. The van der Waals surface area contributed by atoms with E-state index in [9.17, 15) is 14.4 Å². The van der Waals surface area contributed by atoms with Gasteiger partial charge in [-0.15, -0.1) is 22.7 Å². The Morgan fingerprint density at radius 3 is 2.55 bits per heavy atom. The van der Waals surface area contributed by atoms with E-state index in [4.69, 9.17) is 4.74 Å². The van der Waals surface area contributed by atoms with Gasteiger partial charge in [0.25, 0.3) is 5.91 Å². The molecule has 0 aliphatic carbocycles. The average molecular weight is 478 g/mol. The van der Waals surface area contributed by atoms with Crippen LogP contribution in [0.3, 0.4) is 0 Å². The van der Waals surface area contributed by atoms with E-state index in [1.54, 1.807) is 41.8 Å². The van der Waals surface area contributed by atoms with Crippen LogP contribution in [0.25, 0.3) is 0 Å². The van der Waals surface area contributed by atoms with Crippen molar-refractivity contribution in [2.75, 3.05) is 10.2 Å². The Labute approximate surface area is 198 Å². The van der Waals surface area contributed by atoms with Crippen LogP contribution in [-0.2, 0) is 16.1 Å². The van der Waals surface area contributed by atoms with Gasteiger partial charge in [0, 0.05) is 18.0 Å². The largest absolute Gasteiger partial charge is 0.456 e. The van der Waals surface area contributed by atoms with Crippen LogP contribution in [0.1, 0.15) is 32.6 Å². The summed E-state index contributed by atoms with van der Waals surface area (Å²) in [5.74, 6) is -0.942. The fraction of sp³-hybridized carbons (Fsp3) is 0.0833. The van der Waals surface area contributed by atoms with Crippen LogP contribution in [0.2, 0.25) is 0 Å². The van der Waals surface area contributed by atoms with Gasteiger partial charge < -0.3 is 10.1 Å².